The molecule has 0 unspecified atom stereocenters. The van der Waals surface area contributed by atoms with Gasteiger partial charge in [0.1, 0.15) is 0 Å². The first-order valence-electron chi connectivity index (χ1n) is 3.97. The second kappa shape index (κ2) is 3.05. The van der Waals surface area contributed by atoms with Gasteiger partial charge < -0.3 is 0 Å². The summed E-state index contributed by atoms with van der Waals surface area (Å²) in [5.41, 5.74) is 2.88. The highest BCUT2D eigenvalue weighted by Crippen LogP contribution is 2.23. The zero-order chi connectivity index (χ0) is 7.56. The van der Waals surface area contributed by atoms with Gasteiger partial charge in [-0.15, -0.1) is 0 Å². The van der Waals surface area contributed by atoms with E-state index in [0.29, 0.717) is 0 Å². The van der Waals surface area contributed by atoms with Crippen LogP contribution < -0.4 is 0 Å². The lowest BCUT2D eigenvalue weighted by atomic mass is 10.00. The fraction of sp³-hybridized carbons (Fsp3) is 0.600. The number of hydrogen-bond donors (Lipinski definition) is 0. The molecule has 0 saturated heterocycles. The van der Waals surface area contributed by atoms with Gasteiger partial charge in [-0.3, -0.25) is 0 Å². The van der Waals surface area contributed by atoms with E-state index in [2.05, 4.69) is 32.9 Å². The number of allylic oxidation sites excluding steroid dienone is 4. The van der Waals surface area contributed by atoms with Gasteiger partial charge >= 0.3 is 0 Å². The van der Waals surface area contributed by atoms with Gasteiger partial charge in [-0.2, -0.15) is 0 Å². The molecule has 0 aromatic rings. The average molecular weight is 135 g/mol. The summed E-state index contributed by atoms with van der Waals surface area (Å²) in [6, 6.07) is 0. The fourth-order valence-corrected chi connectivity index (χ4v) is 1.27. The van der Waals surface area contributed by atoms with Crippen molar-refractivity contribution < 1.29 is 0 Å². The maximum atomic E-state index is 3.30. The third kappa shape index (κ3) is 1.73. The Morgan fingerprint density at radius 3 is 2.70 bits per heavy atom. The summed E-state index contributed by atoms with van der Waals surface area (Å²) in [5, 5.41) is 0. The number of hydrogen-bond acceptors (Lipinski definition) is 0. The van der Waals surface area contributed by atoms with Crippen LogP contribution in [-0.2, 0) is 0 Å². The molecule has 0 heterocycles. The molecule has 10 heavy (non-hydrogen) atoms. The van der Waals surface area contributed by atoms with Crippen molar-refractivity contribution in [2.75, 3.05) is 0 Å². The van der Waals surface area contributed by atoms with Crippen molar-refractivity contribution in [1.29, 1.82) is 0 Å². The first-order chi connectivity index (χ1) is 4.70. The Hall–Kier alpha value is -0.520. The highest BCUT2D eigenvalue weighted by atomic mass is 14.1. The van der Waals surface area contributed by atoms with E-state index in [1.165, 1.54) is 17.6 Å². The summed E-state index contributed by atoms with van der Waals surface area (Å²) in [7, 11) is 0. The summed E-state index contributed by atoms with van der Waals surface area (Å²) >= 11 is 0. The Morgan fingerprint density at radius 2 is 2.30 bits per heavy atom. The normalized spacial score (nSPS) is 17.6. The third-order valence-electron chi connectivity index (χ3n) is 1.83. The lowest BCUT2D eigenvalue weighted by molar-refractivity contribution is 0.646. The fourth-order valence-electron chi connectivity index (χ4n) is 1.27. The van der Waals surface area contributed by atoms with Gasteiger partial charge in [0.2, 0.25) is 0 Å². The second-order valence-corrected chi connectivity index (χ2v) is 3.33. The first kappa shape index (κ1) is 7.59. The van der Waals surface area contributed by atoms with E-state index in [4.69, 9.17) is 0 Å². The summed E-state index contributed by atoms with van der Waals surface area (Å²) in [5.74, 6) is 0.779. The molecule has 0 amide bonds. The molecule has 1 aliphatic carbocycles. The molecule has 55 valence electrons. The summed E-state index contributed by atoms with van der Waals surface area (Å²) in [6.45, 7) is 6.67. The topological polar surface area (TPSA) is 0 Å². The maximum Gasteiger partial charge on any atom is -0.00858 e. The van der Waals surface area contributed by atoms with Gasteiger partial charge in [0, 0.05) is 0 Å². The van der Waals surface area contributed by atoms with Crippen molar-refractivity contribution in [2.24, 2.45) is 5.92 Å². The molecule has 0 heteroatoms. The summed E-state index contributed by atoms with van der Waals surface area (Å²) in [4.78, 5) is 0. The molecular formula is C10H15. The van der Waals surface area contributed by atoms with Crippen LogP contribution in [0.15, 0.2) is 17.2 Å². The van der Waals surface area contributed by atoms with Gasteiger partial charge in [0.25, 0.3) is 0 Å². The van der Waals surface area contributed by atoms with Gasteiger partial charge in [-0.05, 0) is 42.9 Å². The van der Waals surface area contributed by atoms with Gasteiger partial charge in [0.15, 0.2) is 0 Å². The predicted molar refractivity (Wildman–Crippen MR) is 44.6 cm³/mol. The van der Waals surface area contributed by atoms with Crippen molar-refractivity contribution in [3.05, 3.63) is 23.3 Å². The zero-order valence-corrected chi connectivity index (χ0v) is 7.07. The van der Waals surface area contributed by atoms with Crippen molar-refractivity contribution in [2.45, 2.75) is 33.6 Å². The molecule has 0 aromatic heterocycles. The monoisotopic (exact) mass is 135 g/mol. The van der Waals surface area contributed by atoms with Crippen molar-refractivity contribution >= 4 is 0 Å². The standard InChI is InChI=1S/C10H15/c1-8(2)7-10-6-4-5-9(10)3/h6,8H,4,7H2,1-3H3. The van der Waals surface area contributed by atoms with Crippen molar-refractivity contribution in [1.82, 2.24) is 0 Å². The van der Waals surface area contributed by atoms with Crippen LogP contribution in [-0.4, -0.2) is 0 Å². The minimum Gasteiger partial charge on any atom is -0.0766 e. The minimum atomic E-state index is 0.779. The minimum absolute atomic E-state index is 0.779. The Labute approximate surface area is 63.6 Å². The molecule has 1 rings (SSSR count). The summed E-state index contributed by atoms with van der Waals surface area (Å²) in [6.07, 6.45) is 7.84. The van der Waals surface area contributed by atoms with Gasteiger partial charge in [0.05, 0.1) is 0 Å². The predicted octanol–water partition coefficient (Wildman–Crippen LogP) is 3.11. The van der Waals surface area contributed by atoms with Crippen LogP contribution in [0.25, 0.3) is 0 Å². The molecule has 1 radical (unpaired) electrons. The van der Waals surface area contributed by atoms with E-state index in [1.54, 1.807) is 0 Å². The van der Waals surface area contributed by atoms with Crippen LogP contribution in [0, 0.1) is 12.0 Å². The molecule has 0 spiro atoms. The van der Waals surface area contributed by atoms with Crippen LogP contribution >= 0.6 is 0 Å². The van der Waals surface area contributed by atoms with Crippen LogP contribution in [0.3, 0.4) is 0 Å². The molecular weight excluding hydrogens is 120 g/mol. The highest BCUT2D eigenvalue weighted by Gasteiger charge is 2.06. The SMILES string of the molecule is CC1=[C]CC=C1CC(C)C. The highest BCUT2D eigenvalue weighted by molar-refractivity contribution is 5.32. The Morgan fingerprint density at radius 1 is 1.60 bits per heavy atom. The molecule has 1 aliphatic rings. The second-order valence-electron chi connectivity index (χ2n) is 3.33. The van der Waals surface area contributed by atoms with Crippen LogP contribution in [0.4, 0.5) is 0 Å². The molecule has 0 N–H and O–H groups in total. The Kier molecular flexibility index (Phi) is 2.31. The van der Waals surface area contributed by atoms with Crippen LogP contribution in [0.5, 0.6) is 0 Å². The largest absolute Gasteiger partial charge is 0.0766 e. The smallest absolute Gasteiger partial charge is 0.00858 e. The quantitative estimate of drug-likeness (QED) is 0.545. The van der Waals surface area contributed by atoms with Crippen molar-refractivity contribution in [3.63, 3.8) is 0 Å². The van der Waals surface area contributed by atoms with E-state index in [9.17, 15) is 0 Å². The Balaban J connectivity index is 2.50. The van der Waals surface area contributed by atoms with E-state index < -0.39 is 0 Å². The Bertz CT molecular complexity index is 170. The van der Waals surface area contributed by atoms with E-state index in [-0.39, 0.29) is 0 Å². The van der Waals surface area contributed by atoms with Crippen molar-refractivity contribution in [3.8, 4) is 0 Å². The molecule has 0 atom stereocenters. The van der Waals surface area contributed by atoms with Crippen LogP contribution in [0.2, 0.25) is 0 Å². The van der Waals surface area contributed by atoms with Gasteiger partial charge in [-0.1, -0.05) is 19.9 Å². The lowest BCUT2D eigenvalue weighted by Crippen LogP contribution is -1.90. The zero-order valence-electron chi connectivity index (χ0n) is 7.07. The third-order valence-corrected chi connectivity index (χ3v) is 1.83. The summed E-state index contributed by atoms with van der Waals surface area (Å²) < 4.78 is 0. The molecule has 0 aliphatic heterocycles. The number of rotatable bonds is 2. The molecule has 0 aromatic carbocycles. The maximum absolute atomic E-state index is 3.30. The van der Waals surface area contributed by atoms with Gasteiger partial charge in [-0.25, -0.2) is 0 Å². The molecule has 0 bridgehead atoms. The first-order valence-corrected chi connectivity index (χ1v) is 3.97. The van der Waals surface area contributed by atoms with E-state index in [0.717, 1.165) is 12.3 Å². The average Bonchev–Trinajstić information content (AvgIpc) is 2.15. The molecule has 0 saturated carbocycles. The van der Waals surface area contributed by atoms with Crippen LogP contribution in [0.1, 0.15) is 33.6 Å². The van der Waals surface area contributed by atoms with E-state index >= 15 is 0 Å². The molecule has 0 fully saturated rings. The molecule has 0 nitrogen and oxygen atoms in total. The lowest BCUT2D eigenvalue weighted by Gasteiger charge is -2.06. The van der Waals surface area contributed by atoms with E-state index in [1.807, 2.05) is 0 Å².